The molecule has 0 aliphatic heterocycles. The predicted molar refractivity (Wildman–Crippen MR) is 147 cm³/mol. The number of quaternary nitrogens is 1. The Morgan fingerprint density at radius 2 is 1.00 bits per heavy atom. The van der Waals surface area contributed by atoms with Gasteiger partial charge in [0.15, 0.2) is 0 Å². The van der Waals surface area contributed by atoms with Gasteiger partial charge in [0.1, 0.15) is 6.54 Å². The van der Waals surface area contributed by atoms with Gasteiger partial charge in [-0.3, -0.25) is 4.57 Å². The monoisotopic (exact) mass is 502 g/mol. The summed E-state index contributed by atoms with van der Waals surface area (Å²) >= 11 is 0. The maximum atomic E-state index is 11.8. The van der Waals surface area contributed by atoms with Crippen LogP contribution in [0.1, 0.15) is 122 Å². The van der Waals surface area contributed by atoms with Gasteiger partial charge in [0, 0.05) is 0 Å². The molecule has 5 nitrogen and oxygen atoms in total. The van der Waals surface area contributed by atoms with Crippen molar-refractivity contribution in [3.8, 4) is 0 Å². The van der Waals surface area contributed by atoms with Gasteiger partial charge in [-0.15, -0.1) is 0 Å². The van der Waals surface area contributed by atoms with Crippen molar-refractivity contribution >= 4 is 7.60 Å². The van der Waals surface area contributed by atoms with Crippen molar-refractivity contribution in [2.24, 2.45) is 0 Å². The SMILES string of the molecule is CCCCCCCCCCC/C=C\CCCCC/C=C\CCCC(O)(C[N+](C)(C)C)P(=O)(O)O. The zero-order valence-corrected chi connectivity index (χ0v) is 23.8. The number of unbranched alkanes of at least 4 members (excludes halogenated alkanes) is 14. The molecule has 0 rings (SSSR count). The Hall–Kier alpha value is -0.450. The highest BCUT2D eigenvalue weighted by molar-refractivity contribution is 7.53. The Bertz CT molecular complexity index is 579. The minimum absolute atomic E-state index is 0.0363. The third-order valence-electron chi connectivity index (χ3n) is 6.27. The summed E-state index contributed by atoms with van der Waals surface area (Å²) in [6, 6.07) is 0. The smallest absolute Gasteiger partial charge is 0.362 e. The molecule has 0 aromatic carbocycles. The fourth-order valence-corrected chi connectivity index (χ4v) is 5.38. The fraction of sp³-hybridized carbons (Fsp3) is 0.857. The molecule has 1 atom stereocenters. The summed E-state index contributed by atoms with van der Waals surface area (Å²) in [7, 11) is 0.913. The molecule has 0 saturated heterocycles. The highest BCUT2D eigenvalue weighted by Crippen LogP contribution is 2.52. The Labute approximate surface area is 211 Å². The first kappa shape index (κ1) is 33.5. The van der Waals surface area contributed by atoms with Gasteiger partial charge in [-0.1, -0.05) is 89.0 Å². The Balaban J connectivity index is 3.65. The van der Waals surface area contributed by atoms with Gasteiger partial charge in [0.25, 0.3) is 0 Å². The number of hydrogen-bond acceptors (Lipinski definition) is 2. The van der Waals surface area contributed by atoms with E-state index in [9.17, 15) is 19.5 Å². The lowest BCUT2D eigenvalue weighted by Crippen LogP contribution is -2.49. The van der Waals surface area contributed by atoms with Crippen LogP contribution in [-0.4, -0.2) is 52.4 Å². The summed E-state index contributed by atoms with van der Waals surface area (Å²) in [5, 5.41) is 8.59. The van der Waals surface area contributed by atoms with Crippen LogP contribution >= 0.6 is 7.60 Å². The van der Waals surface area contributed by atoms with E-state index >= 15 is 0 Å². The van der Waals surface area contributed by atoms with Crippen LogP contribution in [0.25, 0.3) is 0 Å². The Morgan fingerprint density at radius 3 is 1.38 bits per heavy atom. The number of nitrogens with zero attached hydrogens (tertiary/aromatic N) is 1. The molecule has 34 heavy (non-hydrogen) atoms. The van der Waals surface area contributed by atoms with E-state index in [4.69, 9.17) is 0 Å². The quantitative estimate of drug-likeness (QED) is 0.0578. The third-order valence-corrected chi connectivity index (χ3v) is 7.72. The molecule has 1 unspecified atom stereocenters. The van der Waals surface area contributed by atoms with E-state index in [1.54, 1.807) is 0 Å². The number of aliphatic hydroxyl groups is 1. The van der Waals surface area contributed by atoms with Crippen LogP contribution in [0, 0.1) is 0 Å². The second kappa shape index (κ2) is 19.7. The molecule has 0 aliphatic rings. The lowest BCUT2D eigenvalue weighted by Gasteiger charge is -2.35. The molecule has 0 aromatic heterocycles. The van der Waals surface area contributed by atoms with Gasteiger partial charge in [0.2, 0.25) is 5.34 Å². The molecular formula is C28H57NO4P+. The van der Waals surface area contributed by atoms with E-state index in [0.717, 1.165) is 12.8 Å². The molecule has 0 aliphatic carbocycles. The molecule has 0 amide bonds. The lowest BCUT2D eigenvalue weighted by atomic mass is 10.1. The molecule has 6 heteroatoms. The van der Waals surface area contributed by atoms with Gasteiger partial charge in [-0.25, -0.2) is 0 Å². The second-order valence-electron chi connectivity index (χ2n) is 11.1. The normalized spacial score (nSPS) is 14.9. The number of likely N-dealkylation sites (N-methyl/N-ethyl adjacent to an activating group) is 1. The van der Waals surface area contributed by atoms with E-state index in [2.05, 4.69) is 31.2 Å². The standard InChI is InChI=1S/C28H56NO4P/c1-5-6-7-8-9-10-11-12-13-14-15-16-17-18-19-20-21-22-23-24-25-26-28(30,34(31,32)33)27-29(2,3)4/h15-16,22-23,30H,5-14,17-21,24-27H2,1-4H3,(H-,31,32,33)/p+1/b16-15-,23-22-. The van der Waals surface area contributed by atoms with Gasteiger partial charge in [-0.2, -0.15) is 0 Å². The zero-order chi connectivity index (χ0) is 25.8. The molecule has 0 spiro atoms. The van der Waals surface area contributed by atoms with Crippen molar-refractivity contribution in [3.05, 3.63) is 24.3 Å². The van der Waals surface area contributed by atoms with E-state index in [0.29, 0.717) is 10.9 Å². The highest BCUT2D eigenvalue weighted by atomic mass is 31.2. The number of allylic oxidation sites excluding steroid dienone is 4. The van der Waals surface area contributed by atoms with E-state index in [1.807, 2.05) is 21.1 Å². The summed E-state index contributed by atoms with van der Waals surface area (Å²) < 4.78 is 12.1. The summed E-state index contributed by atoms with van der Waals surface area (Å²) in [5.41, 5.74) is 0. The minimum atomic E-state index is -4.57. The van der Waals surface area contributed by atoms with Crippen LogP contribution in [0.15, 0.2) is 24.3 Å². The summed E-state index contributed by atoms with van der Waals surface area (Å²) in [5.74, 6) is 0. The van der Waals surface area contributed by atoms with Crippen LogP contribution in [0.5, 0.6) is 0 Å². The maximum Gasteiger partial charge on any atom is 0.362 e. The number of rotatable bonds is 23. The molecule has 0 bridgehead atoms. The molecule has 0 saturated carbocycles. The molecule has 0 heterocycles. The molecule has 0 radical (unpaired) electrons. The highest BCUT2D eigenvalue weighted by Gasteiger charge is 2.48. The summed E-state index contributed by atoms with van der Waals surface area (Å²) in [6.07, 6.45) is 30.0. The van der Waals surface area contributed by atoms with Crippen molar-refractivity contribution in [1.82, 2.24) is 0 Å². The molecule has 0 aromatic rings. The largest absolute Gasteiger partial charge is 0.373 e. The second-order valence-corrected chi connectivity index (χ2v) is 13.0. The van der Waals surface area contributed by atoms with Crippen LogP contribution in [0.4, 0.5) is 0 Å². The van der Waals surface area contributed by atoms with Crippen LogP contribution in [0.3, 0.4) is 0 Å². The molecule has 202 valence electrons. The number of hydrogen-bond donors (Lipinski definition) is 3. The van der Waals surface area contributed by atoms with E-state index in [1.165, 1.54) is 89.9 Å². The first-order chi connectivity index (χ1) is 16.0. The summed E-state index contributed by atoms with van der Waals surface area (Å²) in [4.78, 5) is 19.2. The van der Waals surface area contributed by atoms with Gasteiger partial charge >= 0.3 is 7.60 Å². The first-order valence-corrected chi connectivity index (χ1v) is 15.5. The van der Waals surface area contributed by atoms with Crippen LogP contribution < -0.4 is 0 Å². The van der Waals surface area contributed by atoms with Crippen molar-refractivity contribution in [1.29, 1.82) is 0 Å². The fourth-order valence-electron chi connectivity index (χ4n) is 4.32. The topological polar surface area (TPSA) is 77.8 Å². The van der Waals surface area contributed by atoms with Crippen molar-refractivity contribution in [2.75, 3.05) is 27.7 Å². The van der Waals surface area contributed by atoms with Crippen LogP contribution in [-0.2, 0) is 4.57 Å². The van der Waals surface area contributed by atoms with Crippen LogP contribution in [0.2, 0.25) is 0 Å². The van der Waals surface area contributed by atoms with Crippen molar-refractivity contribution in [2.45, 2.75) is 128 Å². The van der Waals surface area contributed by atoms with Crippen molar-refractivity contribution in [3.63, 3.8) is 0 Å². The average molecular weight is 503 g/mol. The van der Waals surface area contributed by atoms with Gasteiger partial charge < -0.3 is 19.4 Å². The maximum absolute atomic E-state index is 11.8. The van der Waals surface area contributed by atoms with E-state index < -0.39 is 12.9 Å². The molecule has 3 N–H and O–H groups in total. The first-order valence-electron chi connectivity index (χ1n) is 13.9. The minimum Gasteiger partial charge on any atom is -0.373 e. The molecular weight excluding hydrogens is 445 g/mol. The lowest BCUT2D eigenvalue weighted by molar-refractivity contribution is -0.875. The Morgan fingerprint density at radius 1 is 0.647 bits per heavy atom. The van der Waals surface area contributed by atoms with Gasteiger partial charge in [-0.05, 0) is 57.8 Å². The summed E-state index contributed by atoms with van der Waals surface area (Å²) in [6.45, 7) is 2.31. The Kier molecular flexibility index (Phi) is 19.4. The third kappa shape index (κ3) is 19.8. The van der Waals surface area contributed by atoms with Crippen molar-refractivity contribution < 1.29 is 23.9 Å². The average Bonchev–Trinajstić information content (AvgIpc) is 2.73. The zero-order valence-electron chi connectivity index (χ0n) is 22.9. The van der Waals surface area contributed by atoms with E-state index in [-0.39, 0.29) is 13.0 Å². The predicted octanol–water partition coefficient (Wildman–Crippen LogP) is 7.71. The van der Waals surface area contributed by atoms with Gasteiger partial charge in [0.05, 0.1) is 21.1 Å². The molecule has 0 fully saturated rings.